The Hall–Kier alpha value is -3.40. The Morgan fingerprint density at radius 2 is 1.86 bits per heavy atom. The summed E-state index contributed by atoms with van der Waals surface area (Å²) in [4.78, 5) is 16.9. The molecule has 0 saturated heterocycles. The summed E-state index contributed by atoms with van der Waals surface area (Å²) in [7, 11) is 1.12. The summed E-state index contributed by atoms with van der Waals surface area (Å²) in [6.07, 6.45) is -4.54. The first-order valence-electron chi connectivity index (χ1n) is 8.17. The second kappa shape index (κ2) is 9.69. The van der Waals surface area contributed by atoms with Gasteiger partial charge in [0.15, 0.2) is 5.71 Å². The Balaban J connectivity index is 2.24. The molecule has 0 aromatic heterocycles. The molecule has 0 spiro atoms. The second-order valence-electron chi connectivity index (χ2n) is 5.65. The third-order valence-corrected chi connectivity index (χ3v) is 3.82. The van der Waals surface area contributed by atoms with Gasteiger partial charge in [-0.15, -0.1) is 0 Å². The molecular formula is C19H17F3N2O5. The van der Waals surface area contributed by atoms with Crippen LogP contribution in [-0.2, 0) is 27.2 Å². The van der Waals surface area contributed by atoms with Crippen LogP contribution in [-0.4, -0.2) is 41.4 Å². The topological polar surface area (TPSA) is 101 Å². The van der Waals surface area contributed by atoms with Gasteiger partial charge in [-0.2, -0.15) is 13.2 Å². The van der Waals surface area contributed by atoms with Crippen LogP contribution in [0.2, 0.25) is 0 Å². The Morgan fingerprint density at radius 3 is 2.48 bits per heavy atom. The van der Waals surface area contributed by atoms with Gasteiger partial charge >= 0.3 is 12.1 Å². The molecule has 2 aromatic rings. The predicted octanol–water partition coefficient (Wildman–Crippen LogP) is 2.97. The lowest BCUT2D eigenvalue weighted by molar-refractivity contribution is -0.137. The molecule has 154 valence electrons. The molecule has 0 atom stereocenters. The fraction of sp³-hybridized carbons (Fsp3) is 0.211. The number of halogens is 3. The van der Waals surface area contributed by atoms with Crippen molar-refractivity contribution in [1.29, 1.82) is 0 Å². The molecule has 0 heterocycles. The lowest BCUT2D eigenvalue weighted by atomic mass is 10.0. The van der Waals surface area contributed by atoms with E-state index in [-0.39, 0.29) is 29.2 Å². The monoisotopic (exact) mass is 410 g/mol. The SMILES string of the molecule is COC(=O)/C(=N/O)c1ccccc1CO/N=C(\CO)c1cccc(C(F)(F)F)c1. The van der Waals surface area contributed by atoms with Crippen LogP contribution in [0.15, 0.2) is 58.8 Å². The van der Waals surface area contributed by atoms with Gasteiger partial charge in [0, 0.05) is 16.7 Å². The highest BCUT2D eigenvalue weighted by Crippen LogP contribution is 2.29. The fourth-order valence-electron chi connectivity index (χ4n) is 2.41. The number of esters is 1. The summed E-state index contributed by atoms with van der Waals surface area (Å²) in [5.74, 6) is -0.872. The Kier molecular flexibility index (Phi) is 7.32. The molecule has 0 amide bonds. The number of oxime groups is 2. The predicted molar refractivity (Wildman–Crippen MR) is 96.6 cm³/mol. The van der Waals surface area contributed by atoms with E-state index in [2.05, 4.69) is 15.0 Å². The van der Waals surface area contributed by atoms with E-state index in [0.29, 0.717) is 5.56 Å². The van der Waals surface area contributed by atoms with Gasteiger partial charge in [0.1, 0.15) is 12.3 Å². The van der Waals surface area contributed by atoms with Gasteiger partial charge in [0.05, 0.1) is 19.3 Å². The first kappa shape index (κ1) is 21.9. The van der Waals surface area contributed by atoms with Gasteiger partial charge in [-0.1, -0.05) is 46.7 Å². The second-order valence-corrected chi connectivity index (χ2v) is 5.65. The Bertz CT molecular complexity index is 926. The first-order chi connectivity index (χ1) is 13.8. The molecule has 2 aromatic carbocycles. The number of carbonyl (C=O) groups is 1. The minimum Gasteiger partial charge on any atom is -0.464 e. The number of hydrogen-bond donors (Lipinski definition) is 2. The van der Waals surface area contributed by atoms with Crippen LogP contribution in [0.1, 0.15) is 22.3 Å². The van der Waals surface area contributed by atoms with Crippen LogP contribution in [0.4, 0.5) is 13.2 Å². The van der Waals surface area contributed by atoms with Crippen molar-refractivity contribution in [2.24, 2.45) is 10.3 Å². The van der Waals surface area contributed by atoms with Gasteiger partial charge in [-0.3, -0.25) is 0 Å². The zero-order valence-electron chi connectivity index (χ0n) is 15.2. The van der Waals surface area contributed by atoms with Crippen molar-refractivity contribution in [1.82, 2.24) is 0 Å². The maximum atomic E-state index is 12.9. The molecule has 0 aliphatic rings. The minimum absolute atomic E-state index is 0.0442. The highest BCUT2D eigenvalue weighted by atomic mass is 19.4. The fourth-order valence-corrected chi connectivity index (χ4v) is 2.41. The third-order valence-electron chi connectivity index (χ3n) is 3.82. The van der Waals surface area contributed by atoms with Crippen LogP contribution in [0, 0.1) is 0 Å². The van der Waals surface area contributed by atoms with Gasteiger partial charge in [0.2, 0.25) is 0 Å². The molecule has 0 bridgehead atoms. The van der Waals surface area contributed by atoms with Crippen molar-refractivity contribution >= 4 is 17.4 Å². The Labute approximate surface area is 163 Å². The van der Waals surface area contributed by atoms with Crippen molar-refractivity contribution in [3.63, 3.8) is 0 Å². The van der Waals surface area contributed by atoms with Crippen molar-refractivity contribution in [2.75, 3.05) is 13.7 Å². The third kappa shape index (κ3) is 5.55. The highest BCUT2D eigenvalue weighted by molar-refractivity contribution is 6.43. The average molecular weight is 410 g/mol. The van der Waals surface area contributed by atoms with Crippen LogP contribution in [0.25, 0.3) is 0 Å². The van der Waals surface area contributed by atoms with E-state index >= 15 is 0 Å². The quantitative estimate of drug-likeness (QED) is 0.316. The number of carbonyl (C=O) groups excluding carboxylic acids is 1. The molecule has 0 unspecified atom stereocenters. The van der Waals surface area contributed by atoms with Crippen LogP contribution in [0.3, 0.4) is 0 Å². The molecule has 0 saturated carbocycles. The van der Waals surface area contributed by atoms with Gasteiger partial charge in [0.25, 0.3) is 0 Å². The van der Waals surface area contributed by atoms with Crippen molar-refractivity contribution in [3.05, 3.63) is 70.8 Å². The molecular weight excluding hydrogens is 393 g/mol. The van der Waals surface area contributed by atoms with E-state index < -0.39 is 24.3 Å². The number of methoxy groups -OCH3 is 1. The van der Waals surface area contributed by atoms with Crippen molar-refractivity contribution in [2.45, 2.75) is 12.8 Å². The van der Waals surface area contributed by atoms with E-state index in [9.17, 15) is 23.1 Å². The summed E-state index contributed by atoms with van der Waals surface area (Å²) in [6, 6.07) is 10.6. The molecule has 0 fully saturated rings. The molecule has 0 aliphatic carbocycles. The zero-order valence-corrected chi connectivity index (χ0v) is 15.2. The molecule has 2 N–H and O–H groups in total. The maximum Gasteiger partial charge on any atom is 0.416 e. The number of ether oxygens (including phenoxy) is 1. The largest absolute Gasteiger partial charge is 0.464 e. The maximum absolute atomic E-state index is 12.9. The smallest absolute Gasteiger partial charge is 0.416 e. The summed E-state index contributed by atoms with van der Waals surface area (Å²) < 4.78 is 43.1. The lowest BCUT2D eigenvalue weighted by Gasteiger charge is -2.11. The lowest BCUT2D eigenvalue weighted by Crippen LogP contribution is -2.19. The average Bonchev–Trinajstić information content (AvgIpc) is 2.72. The Morgan fingerprint density at radius 1 is 1.14 bits per heavy atom. The molecule has 7 nitrogen and oxygen atoms in total. The van der Waals surface area contributed by atoms with E-state index in [1.165, 1.54) is 18.2 Å². The van der Waals surface area contributed by atoms with Gasteiger partial charge in [-0.25, -0.2) is 4.79 Å². The van der Waals surface area contributed by atoms with Gasteiger partial charge in [-0.05, 0) is 12.1 Å². The van der Waals surface area contributed by atoms with Crippen LogP contribution >= 0.6 is 0 Å². The van der Waals surface area contributed by atoms with E-state index in [1.807, 2.05) is 0 Å². The number of aliphatic hydroxyl groups excluding tert-OH is 1. The summed E-state index contributed by atoms with van der Waals surface area (Å²) in [5, 5.41) is 25.2. The molecule has 10 heteroatoms. The zero-order chi connectivity index (χ0) is 21.4. The van der Waals surface area contributed by atoms with E-state index in [0.717, 1.165) is 19.2 Å². The molecule has 0 radical (unpaired) electrons. The molecule has 2 rings (SSSR count). The van der Waals surface area contributed by atoms with Crippen LogP contribution < -0.4 is 0 Å². The number of alkyl halides is 3. The number of rotatable bonds is 7. The summed E-state index contributed by atoms with van der Waals surface area (Å²) in [6.45, 7) is -0.872. The molecule has 0 aliphatic heterocycles. The highest BCUT2D eigenvalue weighted by Gasteiger charge is 2.30. The number of hydrogen-bond acceptors (Lipinski definition) is 7. The first-order valence-corrected chi connectivity index (χ1v) is 8.17. The van der Waals surface area contributed by atoms with Gasteiger partial charge < -0.3 is 19.9 Å². The number of benzene rings is 2. The minimum atomic E-state index is -4.54. The van der Waals surface area contributed by atoms with Crippen LogP contribution in [0.5, 0.6) is 0 Å². The number of nitrogens with zero attached hydrogens (tertiary/aromatic N) is 2. The summed E-state index contributed by atoms with van der Waals surface area (Å²) in [5.41, 5.74) is -0.683. The molecule has 29 heavy (non-hydrogen) atoms. The summed E-state index contributed by atoms with van der Waals surface area (Å²) >= 11 is 0. The normalized spacial score (nSPS) is 12.6. The number of aliphatic hydroxyl groups is 1. The van der Waals surface area contributed by atoms with E-state index in [1.54, 1.807) is 18.2 Å². The van der Waals surface area contributed by atoms with Crippen molar-refractivity contribution < 1.29 is 37.9 Å². The van der Waals surface area contributed by atoms with Crippen molar-refractivity contribution in [3.8, 4) is 0 Å². The van der Waals surface area contributed by atoms with E-state index in [4.69, 9.17) is 10.0 Å². The standard InChI is InChI=1S/C19H17F3N2O5/c1-28-18(26)17(23-27)15-8-3-2-5-13(15)11-29-24-16(10-25)12-6-4-7-14(9-12)19(20,21)22/h2-9,25,27H,10-11H2,1H3/b23-17+,24-16+.